The fourth-order valence-corrected chi connectivity index (χ4v) is 5.39. The number of rotatable bonds is 6. The van der Waals surface area contributed by atoms with E-state index >= 15 is 0 Å². The Morgan fingerprint density at radius 2 is 1.45 bits per heavy atom. The molecule has 0 heterocycles. The van der Waals surface area contributed by atoms with Gasteiger partial charge in [0.05, 0.1) is 0 Å². The zero-order chi connectivity index (χ0) is 16.0. The molecule has 0 aromatic heterocycles. The van der Waals surface area contributed by atoms with Gasteiger partial charge < -0.3 is 9.16 Å². The van der Waals surface area contributed by atoms with Gasteiger partial charge in [-0.15, -0.1) is 0 Å². The van der Waals surface area contributed by atoms with Gasteiger partial charge in [-0.1, -0.05) is 67.2 Å². The second-order valence-electron chi connectivity index (χ2n) is 5.12. The number of ether oxygens (including phenoxy) is 1. The zero-order valence-corrected chi connectivity index (χ0v) is 13.9. The molecule has 0 atom stereocenters. The van der Waals surface area contributed by atoms with Gasteiger partial charge in [0.1, 0.15) is 6.23 Å². The van der Waals surface area contributed by atoms with Crippen molar-refractivity contribution in [3.63, 3.8) is 0 Å². The third-order valence-corrected chi connectivity index (χ3v) is 7.36. The van der Waals surface area contributed by atoms with Crippen molar-refractivity contribution in [2.75, 3.05) is 13.3 Å². The lowest BCUT2D eigenvalue weighted by Crippen LogP contribution is -2.64. The third kappa shape index (κ3) is 3.35. The second kappa shape index (κ2) is 7.20. The number of hydrogen-bond donors (Lipinski definition) is 0. The first-order valence-electron chi connectivity index (χ1n) is 7.09. The molecule has 0 amide bonds. The maximum atomic E-state index is 11.8. The molecule has 0 aliphatic heterocycles. The van der Waals surface area contributed by atoms with E-state index in [9.17, 15) is 4.79 Å². The van der Waals surface area contributed by atoms with Crippen LogP contribution in [0.25, 0.3) is 0 Å². The van der Waals surface area contributed by atoms with Crippen LogP contribution in [-0.2, 0) is 14.0 Å². The molecule has 0 aliphatic rings. The van der Waals surface area contributed by atoms with E-state index in [0.717, 1.165) is 10.4 Å². The Hall–Kier alpha value is -2.17. The van der Waals surface area contributed by atoms with Gasteiger partial charge in [-0.25, -0.2) is 4.79 Å². The summed E-state index contributed by atoms with van der Waals surface area (Å²) < 4.78 is 11.4. The molecule has 0 aliphatic carbocycles. The van der Waals surface area contributed by atoms with E-state index < -0.39 is 8.32 Å². The van der Waals surface area contributed by atoms with Crippen molar-refractivity contribution in [3.05, 3.63) is 72.8 Å². The summed E-state index contributed by atoms with van der Waals surface area (Å²) in [4.78, 5) is 11.8. The number of benzene rings is 2. The minimum Gasteiger partial charge on any atom is -0.462 e. The van der Waals surface area contributed by atoms with Gasteiger partial charge in [0.25, 0.3) is 8.32 Å². The second-order valence-corrected chi connectivity index (χ2v) is 8.63. The van der Waals surface area contributed by atoms with E-state index in [1.807, 2.05) is 60.7 Å². The molecule has 114 valence electrons. The molecule has 0 radical (unpaired) electrons. The topological polar surface area (TPSA) is 35.5 Å². The number of carbonyl (C=O) groups excluding carboxylic acids is 1. The molecular formula is C18H20O3Si. The molecule has 2 aromatic carbocycles. The van der Waals surface area contributed by atoms with Crippen LogP contribution in [0.3, 0.4) is 0 Å². The van der Waals surface area contributed by atoms with Crippen molar-refractivity contribution in [1.29, 1.82) is 0 Å². The molecule has 4 heteroatoms. The highest BCUT2D eigenvalue weighted by atomic mass is 28.4. The van der Waals surface area contributed by atoms with E-state index in [1.165, 1.54) is 0 Å². The highest BCUT2D eigenvalue weighted by Gasteiger charge is 2.40. The van der Waals surface area contributed by atoms with E-state index in [2.05, 4.69) is 6.58 Å². The van der Waals surface area contributed by atoms with E-state index in [4.69, 9.17) is 9.16 Å². The Morgan fingerprint density at radius 3 is 1.82 bits per heavy atom. The van der Waals surface area contributed by atoms with Crippen LogP contribution >= 0.6 is 0 Å². The summed E-state index contributed by atoms with van der Waals surface area (Å²) in [5, 5.41) is 2.14. The van der Waals surface area contributed by atoms with Crippen molar-refractivity contribution in [2.24, 2.45) is 0 Å². The predicted molar refractivity (Wildman–Crippen MR) is 90.7 cm³/mol. The molecule has 0 saturated heterocycles. The van der Waals surface area contributed by atoms with Crippen LogP contribution in [0.15, 0.2) is 72.8 Å². The van der Waals surface area contributed by atoms with Crippen LogP contribution in [0.5, 0.6) is 0 Å². The third-order valence-electron chi connectivity index (χ3n) is 3.58. The van der Waals surface area contributed by atoms with Crippen LogP contribution in [0.4, 0.5) is 0 Å². The summed E-state index contributed by atoms with van der Waals surface area (Å²) in [5.74, 6) is -0.388. The first kappa shape index (κ1) is 16.2. The smallest absolute Gasteiger partial charge is 0.332 e. The highest BCUT2D eigenvalue weighted by molar-refractivity contribution is 6.97. The van der Waals surface area contributed by atoms with Gasteiger partial charge >= 0.3 is 5.97 Å². The SMILES string of the molecule is C=C(C)C(=O)OC[Si](OC)(c1ccccc1)c1ccccc1. The van der Waals surface area contributed by atoms with Gasteiger partial charge in [0, 0.05) is 12.7 Å². The Bertz CT molecular complexity index is 598. The predicted octanol–water partition coefficient (Wildman–Crippen LogP) is 2.05. The molecule has 2 rings (SSSR count). The fraction of sp³-hybridized carbons (Fsp3) is 0.167. The number of esters is 1. The normalized spacial score (nSPS) is 11.0. The lowest BCUT2D eigenvalue weighted by atomic mass is 10.4. The van der Waals surface area contributed by atoms with Gasteiger partial charge in [-0.2, -0.15) is 0 Å². The van der Waals surface area contributed by atoms with Crippen molar-refractivity contribution >= 4 is 24.7 Å². The number of carbonyl (C=O) groups is 1. The van der Waals surface area contributed by atoms with Crippen molar-refractivity contribution in [3.8, 4) is 0 Å². The summed E-state index contributed by atoms with van der Waals surface area (Å²) in [6.45, 7) is 5.27. The molecule has 22 heavy (non-hydrogen) atoms. The molecule has 0 fully saturated rings. The quantitative estimate of drug-likeness (QED) is 0.465. The molecule has 0 N–H and O–H groups in total. The van der Waals surface area contributed by atoms with Gasteiger partial charge in [0.2, 0.25) is 0 Å². The van der Waals surface area contributed by atoms with E-state index in [1.54, 1.807) is 14.0 Å². The van der Waals surface area contributed by atoms with Crippen LogP contribution in [0, 0.1) is 0 Å². The summed E-state index contributed by atoms with van der Waals surface area (Å²) in [6, 6.07) is 19.9. The summed E-state index contributed by atoms with van der Waals surface area (Å²) >= 11 is 0. The largest absolute Gasteiger partial charge is 0.462 e. The molecular weight excluding hydrogens is 292 g/mol. The van der Waals surface area contributed by atoms with Crippen molar-refractivity contribution in [2.45, 2.75) is 6.92 Å². The zero-order valence-electron chi connectivity index (χ0n) is 12.9. The summed E-state index contributed by atoms with van der Waals surface area (Å²) in [6.07, 6.45) is 0.225. The van der Waals surface area contributed by atoms with Gasteiger partial charge in [0.15, 0.2) is 0 Å². The van der Waals surface area contributed by atoms with E-state index in [0.29, 0.717) is 5.57 Å². The average molecular weight is 312 g/mol. The Morgan fingerprint density at radius 1 is 1.00 bits per heavy atom. The average Bonchev–Trinajstić information content (AvgIpc) is 2.57. The number of hydrogen-bond acceptors (Lipinski definition) is 3. The Balaban J connectivity index is 2.44. The first-order chi connectivity index (χ1) is 10.6. The monoisotopic (exact) mass is 312 g/mol. The highest BCUT2D eigenvalue weighted by Crippen LogP contribution is 2.09. The van der Waals surface area contributed by atoms with E-state index in [-0.39, 0.29) is 12.2 Å². The van der Waals surface area contributed by atoms with Crippen molar-refractivity contribution < 1.29 is 14.0 Å². The van der Waals surface area contributed by atoms with Crippen LogP contribution < -0.4 is 10.4 Å². The first-order valence-corrected chi connectivity index (χ1v) is 9.20. The Kier molecular flexibility index (Phi) is 5.30. The minimum absolute atomic E-state index is 0.225. The van der Waals surface area contributed by atoms with Gasteiger partial charge in [-0.05, 0) is 17.3 Å². The molecule has 0 saturated carbocycles. The molecule has 0 spiro atoms. The summed E-state index contributed by atoms with van der Waals surface area (Å²) in [5.41, 5.74) is 0.389. The molecule has 0 unspecified atom stereocenters. The maximum Gasteiger partial charge on any atom is 0.332 e. The molecule has 0 bridgehead atoms. The van der Waals surface area contributed by atoms with Crippen LogP contribution in [-0.4, -0.2) is 27.6 Å². The Labute approximate surface area is 132 Å². The standard InChI is InChI=1S/C18H20O3Si/c1-15(2)18(19)21-14-22(20-3,16-10-6-4-7-11-16)17-12-8-5-9-13-17/h4-13H,1,14H2,2-3H3. The van der Waals surface area contributed by atoms with Crippen molar-refractivity contribution in [1.82, 2.24) is 0 Å². The maximum absolute atomic E-state index is 11.8. The van der Waals surface area contributed by atoms with Crippen LogP contribution in [0.1, 0.15) is 6.92 Å². The minimum atomic E-state index is -2.61. The molecule has 3 nitrogen and oxygen atoms in total. The lowest BCUT2D eigenvalue weighted by molar-refractivity contribution is -0.137. The molecule has 2 aromatic rings. The van der Waals surface area contributed by atoms with Gasteiger partial charge in [-0.3, -0.25) is 0 Å². The lowest BCUT2D eigenvalue weighted by Gasteiger charge is -2.30. The fourth-order valence-electron chi connectivity index (χ4n) is 2.33. The summed E-state index contributed by atoms with van der Waals surface area (Å²) in [7, 11) is -0.933. The van der Waals surface area contributed by atoms with Crippen LogP contribution in [0.2, 0.25) is 0 Å².